The number of hydrogen-bond acceptors (Lipinski definition) is 6. The van der Waals surface area contributed by atoms with E-state index < -0.39 is 0 Å². The summed E-state index contributed by atoms with van der Waals surface area (Å²) in [5.74, 6) is 0.818. The molecule has 0 unspecified atom stereocenters. The predicted molar refractivity (Wildman–Crippen MR) is 107 cm³/mol. The van der Waals surface area contributed by atoms with E-state index in [9.17, 15) is 4.79 Å². The van der Waals surface area contributed by atoms with Gasteiger partial charge in [0, 0.05) is 17.5 Å². The van der Waals surface area contributed by atoms with Gasteiger partial charge in [0.1, 0.15) is 15.3 Å². The van der Waals surface area contributed by atoms with Crippen LogP contribution in [0.3, 0.4) is 0 Å². The van der Waals surface area contributed by atoms with Crippen LogP contribution in [0, 0.1) is 0 Å². The van der Waals surface area contributed by atoms with Gasteiger partial charge in [-0.25, -0.2) is 9.38 Å². The molecular formula is C19H15N3O2S2. The molecule has 26 heavy (non-hydrogen) atoms. The van der Waals surface area contributed by atoms with Crippen molar-refractivity contribution in [1.29, 1.82) is 0 Å². The Morgan fingerprint density at radius 3 is 2.85 bits per heavy atom. The van der Waals surface area contributed by atoms with Crippen molar-refractivity contribution in [2.45, 2.75) is 11.8 Å². The van der Waals surface area contributed by atoms with Crippen molar-refractivity contribution in [2.75, 3.05) is 18.6 Å². The van der Waals surface area contributed by atoms with Crippen molar-refractivity contribution in [2.24, 2.45) is 0 Å². The van der Waals surface area contributed by atoms with Gasteiger partial charge in [-0.3, -0.25) is 4.79 Å². The SMILES string of the molecule is CCN1/C(=c2/sc3nc4ccccc4n3c2=O)Sc2ccc(OC)cc21. The number of thioether (sulfide) groups is 1. The fraction of sp³-hybridized carbons (Fsp3) is 0.158. The van der Waals surface area contributed by atoms with Gasteiger partial charge >= 0.3 is 0 Å². The number of ether oxygens (including phenoxy) is 1. The van der Waals surface area contributed by atoms with Crippen LogP contribution in [0.1, 0.15) is 6.92 Å². The third-order valence-electron chi connectivity index (χ3n) is 4.54. The molecule has 0 bridgehead atoms. The number of para-hydroxylation sites is 2. The van der Waals surface area contributed by atoms with Crippen LogP contribution in [-0.2, 0) is 0 Å². The largest absolute Gasteiger partial charge is 0.497 e. The Bertz CT molecular complexity index is 1280. The maximum atomic E-state index is 13.2. The highest BCUT2D eigenvalue weighted by Gasteiger charge is 2.27. The number of benzene rings is 2. The molecule has 0 N–H and O–H groups in total. The summed E-state index contributed by atoms with van der Waals surface area (Å²) in [5.41, 5.74) is 2.80. The highest BCUT2D eigenvalue weighted by molar-refractivity contribution is 8.08. The summed E-state index contributed by atoms with van der Waals surface area (Å²) in [7, 11) is 1.67. The summed E-state index contributed by atoms with van der Waals surface area (Å²) in [6.07, 6.45) is 0. The number of methoxy groups -OCH3 is 1. The topological polar surface area (TPSA) is 46.8 Å². The van der Waals surface area contributed by atoms with Crippen molar-refractivity contribution >= 4 is 49.8 Å². The Morgan fingerprint density at radius 2 is 2.04 bits per heavy atom. The van der Waals surface area contributed by atoms with Crippen molar-refractivity contribution in [3.8, 4) is 5.75 Å². The van der Waals surface area contributed by atoms with Crippen LogP contribution in [0.15, 0.2) is 52.2 Å². The van der Waals surface area contributed by atoms with Crippen LogP contribution in [-0.4, -0.2) is 23.0 Å². The first-order valence-electron chi connectivity index (χ1n) is 8.29. The summed E-state index contributed by atoms with van der Waals surface area (Å²) in [6.45, 7) is 2.87. The number of rotatable bonds is 2. The summed E-state index contributed by atoms with van der Waals surface area (Å²) >= 11 is 3.09. The summed E-state index contributed by atoms with van der Waals surface area (Å²) in [5, 5.41) is 0.973. The van der Waals surface area contributed by atoms with Crippen molar-refractivity contribution in [1.82, 2.24) is 9.38 Å². The lowest BCUT2D eigenvalue weighted by molar-refractivity contribution is 0.414. The third-order valence-corrected chi connectivity index (χ3v) is 6.88. The molecule has 7 heteroatoms. The van der Waals surface area contributed by atoms with E-state index in [-0.39, 0.29) is 5.56 Å². The van der Waals surface area contributed by atoms with Gasteiger partial charge in [0.15, 0.2) is 4.96 Å². The Labute approximate surface area is 157 Å². The molecule has 5 nitrogen and oxygen atoms in total. The molecule has 3 heterocycles. The minimum Gasteiger partial charge on any atom is -0.497 e. The van der Waals surface area contributed by atoms with Gasteiger partial charge in [0.25, 0.3) is 5.56 Å². The van der Waals surface area contributed by atoms with Crippen LogP contribution in [0.2, 0.25) is 0 Å². The van der Waals surface area contributed by atoms with Crippen molar-refractivity contribution in [3.05, 3.63) is 57.4 Å². The second kappa shape index (κ2) is 5.75. The zero-order chi connectivity index (χ0) is 17.8. The molecule has 5 rings (SSSR count). The van der Waals surface area contributed by atoms with E-state index in [0.717, 1.165) is 48.4 Å². The summed E-state index contributed by atoms with van der Waals surface area (Å²) in [4.78, 5) is 21.8. The average molecular weight is 381 g/mol. The molecule has 0 atom stereocenters. The molecule has 1 aliphatic heterocycles. The summed E-state index contributed by atoms with van der Waals surface area (Å²) < 4.78 is 7.82. The smallest absolute Gasteiger partial charge is 0.277 e. The highest BCUT2D eigenvalue weighted by Crippen LogP contribution is 2.47. The van der Waals surface area contributed by atoms with Gasteiger partial charge in [-0.15, -0.1) is 0 Å². The van der Waals surface area contributed by atoms with E-state index in [4.69, 9.17) is 4.74 Å². The van der Waals surface area contributed by atoms with Crippen molar-refractivity contribution < 1.29 is 4.74 Å². The molecule has 2 aromatic heterocycles. The highest BCUT2D eigenvalue weighted by atomic mass is 32.2. The Balaban J connectivity index is 1.79. The number of thiazole rings is 1. The van der Waals surface area contributed by atoms with E-state index in [2.05, 4.69) is 16.8 Å². The second-order valence-electron chi connectivity index (χ2n) is 5.94. The zero-order valence-electron chi connectivity index (χ0n) is 14.2. The molecule has 0 amide bonds. The molecule has 0 radical (unpaired) electrons. The first kappa shape index (κ1) is 15.7. The maximum absolute atomic E-state index is 13.2. The molecule has 2 aromatic carbocycles. The zero-order valence-corrected chi connectivity index (χ0v) is 15.9. The maximum Gasteiger partial charge on any atom is 0.277 e. The summed E-state index contributed by atoms with van der Waals surface area (Å²) in [6, 6.07) is 13.8. The fourth-order valence-electron chi connectivity index (χ4n) is 3.31. The molecule has 0 aliphatic carbocycles. The fourth-order valence-corrected chi connectivity index (χ4v) is 5.67. The third kappa shape index (κ3) is 2.10. The normalized spacial score (nSPS) is 15.8. The molecular weight excluding hydrogens is 366 g/mol. The predicted octanol–water partition coefficient (Wildman–Crippen LogP) is 3.33. The molecule has 0 fully saturated rings. The number of fused-ring (bicyclic) bond motifs is 4. The minimum absolute atomic E-state index is 0.000536. The van der Waals surface area contributed by atoms with Crippen LogP contribution >= 0.6 is 23.1 Å². The molecule has 0 saturated heterocycles. The number of imidazole rings is 1. The van der Waals surface area contributed by atoms with E-state index >= 15 is 0 Å². The average Bonchev–Trinajstić information content (AvgIpc) is 3.30. The van der Waals surface area contributed by atoms with Crippen LogP contribution in [0.5, 0.6) is 5.75 Å². The van der Waals surface area contributed by atoms with Crippen LogP contribution < -0.4 is 19.7 Å². The standard InChI is InChI=1S/C19H15N3O2S2/c1-3-21-14-10-11(24-2)8-9-15(14)25-18(21)16-17(23)22-13-7-5-4-6-12(13)20-19(22)26-16/h4-10H,3H2,1-2H3/b18-16-. The first-order chi connectivity index (χ1) is 12.7. The van der Waals surface area contributed by atoms with Gasteiger partial charge in [-0.1, -0.05) is 35.2 Å². The molecule has 4 aromatic rings. The molecule has 1 aliphatic rings. The van der Waals surface area contributed by atoms with Crippen LogP contribution in [0.25, 0.3) is 21.0 Å². The number of aromatic nitrogens is 2. The second-order valence-corrected chi connectivity index (χ2v) is 7.95. The van der Waals surface area contributed by atoms with E-state index in [1.807, 2.05) is 42.5 Å². The molecule has 130 valence electrons. The lowest BCUT2D eigenvalue weighted by Gasteiger charge is -2.17. The lowest BCUT2D eigenvalue weighted by Crippen LogP contribution is -2.30. The van der Waals surface area contributed by atoms with Gasteiger partial charge in [-0.05, 0) is 31.2 Å². The Morgan fingerprint density at radius 1 is 1.19 bits per heavy atom. The van der Waals surface area contributed by atoms with E-state index in [1.165, 1.54) is 11.3 Å². The Kier molecular flexibility index (Phi) is 3.48. The number of anilines is 1. The number of hydrogen-bond donors (Lipinski definition) is 0. The first-order valence-corrected chi connectivity index (χ1v) is 9.92. The van der Waals surface area contributed by atoms with Crippen molar-refractivity contribution in [3.63, 3.8) is 0 Å². The van der Waals surface area contributed by atoms with E-state index in [1.54, 1.807) is 23.3 Å². The van der Waals surface area contributed by atoms with E-state index in [0.29, 0.717) is 0 Å². The number of nitrogens with zero attached hydrogens (tertiary/aromatic N) is 3. The minimum atomic E-state index is -0.000536. The van der Waals surface area contributed by atoms with Gasteiger partial charge < -0.3 is 9.64 Å². The lowest BCUT2D eigenvalue weighted by atomic mass is 10.2. The van der Waals surface area contributed by atoms with Gasteiger partial charge in [0.05, 0.1) is 23.8 Å². The quantitative estimate of drug-likeness (QED) is 0.533. The monoisotopic (exact) mass is 381 g/mol. The van der Waals surface area contributed by atoms with Gasteiger partial charge in [0.2, 0.25) is 0 Å². The van der Waals surface area contributed by atoms with Crippen LogP contribution in [0.4, 0.5) is 5.69 Å². The van der Waals surface area contributed by atoms with Gasteiger partial charge in [-0.2, -0.15) is 0 Å². The molecule has 0 saturated carbocycles. The molecule has 0 spiro atoms. The Hall–Kier alpha value is -2.51.